The van der Waals surface area contributed by atoms with Crippen LogP contribution in [0.5, 0.6) is 0 Å². The average Bonchev–Trinajstić information content (AvgIpc) is 3.16. The van der Waals surface area contributed by atoms with Crippen molar-refractivity contribution in [3.8, 4) is 0 Å². The molecule has 0 aliphatic carbocycles. The van der Waals surface area contributed by atoms with Crippen molar-refractivity contribution in [3.63, 3.8) is 0 Å². The summed E-state index contributed by atoms with van der Waals surface area (Å²) in [6.07, 6.45) is 0.732. The van der Waals surface area contributed by atoms with Gasteiger partial charge in [-0.1, -0.05) is 23.7 Å². The molecule has 4 aromatic rings. The number of hydrogen-bond donors (Lipinski definition) is 3. The van der Waals surface area contributed by atoms with E-state index in [4.69, 9.17) is 11.6 Å². The van der Waals surface area contributed by atoms with Crippen LogP contribution in [0.3, 0.4) is 0 Å². The molecule has 2 atom stereocenters. The van der Waals surface area contributed by atoms with Gasteiger partial charge in [0.15, 0.2) is 0 Å². The topological polar surface area (TPSA) is 87.6 Å². The summed E-state index contributed by atoms with van der Waals surface area (Å²) in [6, 6.07) is 12.6. The first kappa shape index (κ1) is 16.4. The number of benzene rings is 2. The van der Waals surface area contributed by atoms with E-state index in [9.17, 15) is 9.59 Å². The third kappa shape index (κ3) is 2.54. The van der Waals surface area contributed by atoms with E-state index in [1.54, 1.807) is 21.3 Å². The van der Waals surface area contributed by atoms with Crippen molar-refractivity contribution >= 4 is 33.7 Å². The first-order chi connectivity index (χ1) is 13.1. The van der Waals surface area contributed by atoms with Gasteiger partial charge in [0.1, 0.15) is 0 Å². The maximum Gasteiger partial charge on any atom is 0.326 e. The Morgan fingerprint density at radius 2 is 1.59 bits per heavy atom. The van der Waals surface area contributed by atoms with Crippen molar-refractivity contribution in [3.05, 3.63) is 68.5 Å². The van der Waals surface area contributed by atoms with Crippen molar-refractivity contribution in [2.24, 2.45) is 0 Å². The Morgan fingerprint density at radius 1 is 0.889 bits per heavy atom. The highest BCUT2D eigenvalue weighted by atomic mass is 35.5. The van der Waals surface area contributed by atoms with Crippen molar-refractivity contribution in [1.82, 2.24) is 24.4 Å². The van der Waals surface area contributed by atoms with E-state index in [0.717, 1.165) is 35.0 Å². The van der Waals surface area contributed by atoms with Crippen LogP contribution in [-0.2, 0) is 0 Å². The van der Waals surface area contributed by atoms with Gasteiger partial charge in [-0.15, -0.1) is 0 Å². The van der Waals surface area contributed by atoms with E-state index in [1.165, 1.54) is 0 Å². The number of rotatable bonds is 2. The zero-order chi connectivity index (χ0) is 18.5. The quantitative estimate of drug-likeness (QED) is 0.496. The second kappa shape index (κ2) is 6.14. The summed E-state index contributed by atoms with van der Waals surface area (Å²) in [4.78, 5) is 31.3. The molecule has 1 aliphatic heterocycles. The Hall–Kier alpha value is -2.77. The van der Waals surface area contributed by atoms with Gasteiger partial charge in [-0.3, -0.25) is 9.13 Å². The van der Waals surface area contributed by atoms with Gasteiger partial charge in [-0.05, 0) is 43.3 Å². The minimum Gasteiger partial charge on any atom is -0.315 e. The van der Waals surface area contributed by atoms with Crippen molar-refractivity contribution < 1.29 is 0 Å². The number of halogens is 1. The third-order valence-corrected chi connectivity index (χ3v) is 5.62. The highest BCUT2D eigenvalue weighted by Gasteiger charge is 2.32. The molecule has 1 aliphatic rings. The molecule has 1 saturated heterocycles. The number of nitrogens with zero attached hydrogens (tertiary/aromatic N) is 2. The predicted molar refractivity (Wildman–Crippen MR) is 106 cm³/mol. The number of hydrogen-bond acceptors (Lipinski definition) is 3. The monoisotopic (exact) mass is 383 g/mol. The fourth-order valence-electron chi connectivity index (χ4n) is 4.22. The largest absolute Gasteiger partial charge is 0.326 e. The number of nitrogens with one attached hydrogen (secondary N) is 3. The summed E-state index contributed by atoms with van der Waals surface area (Å²) in [6.45, 7) is 1.38. The van der Waals surface area contributed by atoms with Gasteiger partial charge >= 0.3 is 11.4 Å². The van der Waals surface area contributed by atoms with Crippen molar-refractivity contribution in [1.29, 1.82) is 0 Å². The lowest BCUT2D eigenvalue weighted by Crippen LogP contribution is -2.44. The Balaban J connectivity index is 1.73. The molecule has 0 amide bonds. The molecule has 0 bridgehead atoms. The summed E-state index contributed by atoms with van der Waals surface area (Å²) >= 11 is 6.18. The molecule has 0 radical (unpaired) electrons. The zero-order valence-corrected chi connectivity index (χ0v) is 15.2. The van der Waals surface area contributed by atoms with Crippen LogP contribution in [-0.4, -0.2) is 32.2 Å². The Labute approximate surface area is 158 Å². The Bertz CT molecular complexity index is 1260. The van der Waals surface area contributed by atoms with Crippen LogP contribution in [0.25, 0.3) is 22.1 Å². The van der Waals surface area contributed by atoms with E-state index in [-0.39, 0.29) is 23.5 Å². The van der Waals surface area contributed by atoms with E-state index in [0.29, 0.717) is 11.6 Å². The molecule has 2 aromatic carbocycles. The standard InChI is InChI=1S/C19H18ClN5O2/c20-11-5-6-13-16(9-11)25(19(27)23-13)15-7-8-21-10-17(15)24-14-4-2-1-3-12(14)22-18(24)26/h1-6,9,15,17,21H,7-8,10H2,(H,22,26)(H,23,27). The van der Waals surface area contributed by atoms with E-state index in [1.807, 2.05) is 30.3 Å². The molecule has 2 unspecified atom stereocenters. The summed E-state index contributed by atoms with van der Waals surface area (Å²) in [5.41, 5.74) is 2.79. The molecule has 27 heavy (non-hydrogen) atoms. The first-order valence-corrected chi connectivity index (χ1v) is 9.31. The second-order valence-electron chi connectivity index (χ2n) is 6.91. The van der Waals surface area contributed by atoms with E-state index >= 15 is 0 Å². The number of aromatic amines is 2. The lowest BCUT2D eigenvalue weighted by Gasteiger charge is -2.33. The molecule has 0 saturated carbocycles. The summed E-state index contributed by atoms with van der Waals surface area (Å²) in [5.74, 6) is 0. The van der Waals surface area contributed by atoms with Crippen LogP contribution in [0.15, 0.2) is 52.1 Å². The molecule has 8 heteroatoms. The molecule has 3 N–H and O–H groups in total. The first-order valence-electron chi connectivity index (χ1n) is 8.93. The summed E-state index contributed by atoms with van der Waals surface area (Å²) in [5, 5.41) is 3.93. The average molecular weight is 384 g/mol. The molecule has 2 aromatic heterocycles. The molecule has 1 fully saturated rings. The molecule has 3 heterocycles. The minimum absolute atomic E-state index is 0.164. The lowest BCUT2D eigenvalue weighted by atomic mass is 9.99. The minimum atomic E-state index is -0.196. The lowest BCUT2D eigenvalue weighted by molar-refractivity contribution is 0.257. The van der Waals surface area contributed by atoms with Crippen LogP contribution >= 0.6 is 11.6 Å². The van der Waals surface area contributed by atoms with Gasteiger partial charge in [0.05, 0.1) is 34.2 Å². The molecular weight excluding hydrogens is 366 g/mol. The van der Waals surface area contributed by atoms with Gasteiger partial charge in [0, 0.05) is 11.6 Å². The molecule has 138 valence electrons. The number of aromatic nitrogens is 4. The highest BCUT2D eigenvalue weighted by Crippen LogP contribution is 2.32. The predicted octanol–water partition coefficient (Wildman–Crippen LogP) is 2.40. The second-order valence-corrected chi connectivity index (χ2v) is 7.34. The molecular formula is C19H18ClN5O2. The Kier molecular flexibility index (Phi) is 3.73. The number of fused-ring (bicyclic) bond motifs is 2. The van der Waals surface area contributed by atoms with Crippen LogP contribution in [0.1, 0.15) is 18.5 Å². The van der Waals surface area contributed by atoms with Gasteiger partial charge < -0.3 is 15.3 Å². The summed E-state index contributed by atoms with van der Waals surface area (Å²) in [7, 11) is 0. The zero-order valence-electron chi connectivity index (χ0n) is 14.4. The van der Waals surface area contributed by atoms with Crippen LogP contribution in [0, 0.1) is 0 Å². The normalized spacial score (nSPS) is 20.5. The maximum atomic E-state index is 12.8. The summed E-state index contributed by atoms with van der Waals surface area (Å²) < 4.78 is 3.52. The maximum absolute atomic E-state index is 12.8. The van der Waals surface area contributed by atoms with Crippen molar-refractivity contribution in [2.75, 3.05) is 13.1 Å². The van der Waals surface area contributed by atoms with Gasteiger partial charge in [-0.25, -0.2) is 9.59 Å². The number of para-hydroxylation sites is 2. The fourth-order valence-corrected chi connectivity index (χ4v) is 4.39. The van der Waals surface area contributed by atoms with Crippen LogP contribution in [0.4, 0.5) is 0 Å². The molecule has 5 rings (SSSR count). The number of piperidine rings is 1. The number of H-pyrrole nitrogens is 2. The highest BCUT2D eigenvalue weighted by molar-refractivity contribution is 6.31. The van der Waals surface area contributed by atoms with Crippen LogP contribution in [0.2, 0.25) is 5.02 Å². The van der Waals surface area contributed by atoms with E-state index < -0.39 is 0 Å². The van der Waals surface area contributed by atoms with Crippen molar-refractivity contribution in [2.45, 2.75) is 18.5 Å². The number of imidazole rings is 2. The smallest absolute Gasteiger partial charge is 0.315 e. The Morgan fingerprint density at radius 3 is 2.41 bits per heavy atom. The van der Waals surface area contributed by atoms with Gasteiger partial charge in [-0.2, -0.15) is 0 Å². The fraction of sp³-hybridized carbons (Fsp3) is 0.263. The van der Waals surface area contributed by atoms with Gasteiger partial charge in [0.25, 0.3) is 0 Å². The van der Waals surface area contributed by atoms with Gasteiger partial charge in [0.2, 0.25) is 0 Å². The molecule has 7 nitrogen and oxygen atoms in total. The SMILES string of the molecule is O=c1[nH]c2ccc(Cl)cc2n1C1CCNCC1n1c(=O)[nH]c2ccccc21. The molecule has 0 spiro atoms. The van der Waals surface area contributed by atoms with E-state index in [2.05, 4.69) is 15.3 Å². The van der Waals surface area contributed by atoms with Crippen LogP contribution < -0.4 is 16.7 Å². The third-order valence-electron chi connectivity index (χ3n) is 5.38.